The van der Waals surface area contributed by atoms with E-state index in [1.54, 1.807) is 37.3 Å². The number of benzene rings is 1. The maximum Gasteiger partial charge on any atom is 0.311 e. The van der Waals surface area contributed by atoms with Crippen molar-refractivity contribution in [2.45, 2.75) is 38.0 Å². The van der Waals surface area contributed by atoms with Crippen LogP contribution in [0, 0.1) is 5.92 Å². The van der Waals surface area contributed by atoms with Gasteiger partial charge in [-0.2, -0.15) is 0 Å². The fourth-order valence-electron chi connectivity index (χ4n) is 2.67. The number of amides is 1. The molecule has 3 N–H and O–H groups in total. The van der Waals surface area contributed by atoms with Gasteiger partial charge in [-0.15, -0.1) is 0 Å². The summed E-state index contributed by atoms with van der Waals surface area (Å²) in [6.45, 7) is 1.93. The molecule has 1 aliphatic carbocycles. The molecule has 0 bridgehead atoms. The molecular formula is C16H21NO5. The molecule has 0 aromatic heterocycles. The molecule has 1 aromatic carbocycles. The second-order valence-corrected chi connectivity index (χ2v) is 5.41. The van der Waals surface area contributed by atoms with Crippen LogP contribution in [0.15, 0.2) is 30.3 Å². The molecule has 1 aliphatic rings. The molecule has 1 saturated carbocycles. The van der Waals surface area contributed by atoms with Crippen LogP contribution in [-0.4, -0.2) is 46.9 Å². The van der Waals surface area contributed by atoms with E-state index in [2.05, 4.69) is 5.32 Å². The molecule has 1 amide bonds. The molecule has 0 heterocycles. The number of hydrogen-bond donors (Lipinski definition) is 3. The van der Waals surface area contributed by atoms with Gasteiger partial charge in [-0.1, -0.05) is 18.2 Å². The summed E-state index contributed by atoms with van der Waals surface area (Å²) in [5.41, 5.74) is 0.478. The summed E-state index contributed by atoms with van der Waals surface area (Å²) < 4.78 is 5.00. The SMILES string of the molecule is CCOC(=O)[C@H]1C[C@@H](O)[C@@H](O)C[C@@H]1NC(=O)c1ccccc1. The Morgan fingerprint density at radius 3 is 2.45 bits per heavy atom. The molecule has 4 atom stereocenters. The second kappa shape index (κ2) is 7.38. The van der Waals surface area contributed by atoms with E-state index in [1.165, 1.54) is 0 Å². The van der Waals surface area contributed by atoms with E-state index < -0.39 is 30.1 Å². The third kappa shape index (κ3) is 3.84. The van der Waals surface area contributed by atoms with Crippen LogP contribution in [-0.2, 0) is 9.53 Å². The van der Waals surface area contributed by atoms with Crippen molar-refractivity contribution in [1.29, 1.82) is 0 Å². The summed E-state index contributed by atoms with van der Waals surface area (Å²) in [7, 11) is 0. The number of esters is 1. The van der Waals surface area contributed by atoms with Crippen molar-refractivity contribution in [2.75, 3.05) is 6.61 Å². The normalized spacial score (nSPS) is 28.0. The topological polar surface area (TPSA) is 95.9 Å². The Kier molecular flexibility index (Phi) is 5.51. The monoisotopic (exact) mass is 307 g/mol. The molecule has 1 fully saturated rings. The molecule has 0 saturated heterocycles. The lowest BCUT2D eigenvalue weighted by molar-refractivity contribution is -0.154. The van der Waals surface area contributed by atoms with Gasteiger partial charge in [0.2, 0.25) is 0 Å². The third-order valence-corrected chi connectivity index (χ3v) is 3.86. The maximum atomic E-state index is 12.2. The predicted octanol–water partition coefficient (Wildman–Crippen LogP) is 0.480. The van der Waals surface area contributed by atoms with E-state index in [0.717, 1.165) is 0 Å². The van der Waals surface area contributed by atoms with Gasteiger partial charge in [-0.25, -0.2) is 0 Å². The van der Waals surface area contributed by atoms with E-state index >= 15 is 0 Å². The zero-order valence-electron chi connectivity index (χ0n) is 12.4. The number of carbonyl (C=O) groups is 2. The summed E-state index contributed by atoms with van der Waals surface area (Å²) in [6, 6.07) is 8.07. The van der Waals surface area contributed by atoms with Crippen molar-refractivity contribution in [1.82, 2.24) is 5.32 Å². The van der Waals surface area contributed by atoms with Crippen molar-refractivity contribution < 1.29 is 24.5 Å². The van der Waals surface area contributed by atoms with Crippen molar-refractivity contribution in [3.8, 4) is 0 Å². The number of aliphatic hydroxyl groups excluding tert-OH is 2. The standard InChI is InChI=1S/C16H21NO5/c1-2-22-16(21)11-8-13(18)14(19)9-12(11)17-15(20)10-6-4-3-5-7-10/h3-7,11-14,18-19H,2,8-9H2,1H3,(H,17,20)/t11-,12-,13+,14-/m0/s1. The summed E-state index contributed by atoms with van der Waals surface area (Å²) in [5.74, 6) is -1.44. The first kappa shape index (κ1) is 16.5. The van der Waals surface area contributed by atoms with Crippen LogP contribution in [0.25, 0.3) is 0 Å². The smallest absolute Gasteiger partial charge is 0.311 e. The largest absolute Gasteiger partial charge is 0.466 e. The molecular weight excluding hydrogens is 286 g/mol. The minimum Gasteiger partial charge on any atom is -0.466 e. The molecule has 6 heteroatoms. The molecule has 1 aromatic rings. The van der Waals surface area contributed by atoms with Gasteiger partial charge in [0.1, 0.15) is 0 Å². The zero-order chi connectivity index (χ0) is 16.1. The van der Waals surface area contributed by atoms with Crippen LogP contribution < -0.4 is 5.32 Å². The average molecular weight is 307 g/mol. The highest BCUT2D eigenvalue weighted by atomic mass is 16.5. The lowest BCUT2D eigenvalue weighted by atomic mass is 9.81. The van der Waals surface area contributed by atoms with Crippen molar-refractivity contribution in [2.24, 2.45) is 5.92 Å². The number of ether oxygens (including phenoxy) is 1. The number of rotatable bonds is 4. The highest BCUT2D eigenvalue weighted by Gasteiger charge is 2.40. The molecule has 22 heavy (non-hydrogen) atoms. The molecule has 0 radical (unpaired) electrons. The summed E-state index contributed by atoms with van der Waals surface area (Å²) in [6.07, 6.45) is -1.77. The van der Waals surface area contributed by atoms with E-state index in [1.807, 2.05) is 0 Å². The van der Waals surface area contributed by atoms with Gasteiger partial charge in [-0.3, -0.25) is 9.59 Å². The Morgan fingerprint density at radius 1 is 1.18 bits per heavy atom. The summed E-state index contributed by atoms with van der Waals surface area (Å²) >= 11 is 0. The van der Waals surface area contributed by atoms with Crippen LogP contribution in [0.2, 0.25) is 0 Å². The van der Waals surface area contributed by atoms with Gasteiger partial charge in [0.05, 0.1) is 24.7 Å². The Morgan fingerprint density at radius 2 is 1.82 bits per heavy atom. The Bertz CT molecular complexity index is 519. The lowest BCUT2D eigenvalue weighted by Gasteiger charge is -2.36. The molecule has 120 valence electrons. The fourth-order valence-corrected chi connectivity index (χ4v) is 2.67. The van der Waals surface area contributed by atoms with Crippen LogP contribution in [0.4, 0.5) is 0 Å². The van der Waals surface area contributed by atoms with Gasteiger partial charge in [0, 0.05) is 11.6 Å². The molecule has 6 nitrogen and oxygen atoms in total. The van der Waals surface area contributed by atoms with E-state index in [4.69, 9.17) is 4.74 Å². The highest BCUT2D eigenvalue weighted by Crippen LogP contribution is 2.27. The van der Waals surface area contributed by atoms with Crippen LogP contribution >= 0.6 is 0 Å². The van der Waals surface area contributed by atoms with E-state index in [-0.39, 0.29) is 25.4 Å². The zero-order valence-corrected chi connectivity index (χ0v) is 12.4. The van der Waals surface area contributed by atoms with Crippen molar-refractivity contribution >= 4 is 11.9 Å². The molecule has 2 rings (SSSR count). The minimum absolute atomic E-state index is 0.0692. The first-order valence-electron chi connectivity index (χ1n) is 7.41. The van der Waals surface area contributed by atoms with Gasteiger partial charge < -0.3 is 20.3 Å². The van der Waals surface area contributed by atoms with Gasteiger partial charge in [0.25, 0.3) is 5.91 Å². The highest BCUT2D eigenvalue weighted by molar-refractivity contribution is 5.94. The number of carbonyl (C=O) groups excluding carboxylic acids is 2. The van der Waals surface area contributed by atoms with E-state index in [9.17, 15) is 19.8 Å². The maximum absolute atomic E-state index is 12.2. The van der Waals surface area contributed by atoms with Gasteiger partial charge >= 0.3 is 5.97 Å². The fraction of sp³-hybridized carbons (Fsp3) is 0.500. The Hall–Kier alpha value is -1.92. The summed E-state index contributed by atoms with van der Waals surface area (Å²) in [4.78, 5) is 24.2. The van der Waals surface area contributed by atoms with E-state index in [0.29, 0.717) is 5.56 Å². The van der Waals surface area contributed by atoms with Crippen molar-refractivity contribution in [3.05, 3.63) is 35.9 Å². The van der Waals surface area contributed by atoms with Crippen LogP contribution in [0.5, 0.6) is 0 Å². The quantitative estimate of drug-likeness (QED) is 0.703. The number of hydrogen-bond acceptors (Lipinski definition) is 5. The lowest BCUT2D eigenvalue weighted by Crippen LogP contribution is -2.52. The van der Waals surface area contributed by atoms with Crippen LogP contribution in [0.1, 0.15) is 30.1 Å². The summed E-state index contributed by atoms with van der Waals surface area (Å²) in [5, 5.41) is 22.3. The third-order valence-electron chi connectivity index (χ3n) is 3.86. The average Bonchev–Trinajstić information content (AvgIpc) is 2.51. The molecule has 0 aliphatic heterocycles. The van der Waals surface area contributed by atoms with Gasteiger partial charge in [-0.05, 0) is 31.9 Å². The molecule has 0 spiro atoms. The van der Waals surface area contributed by atoms with Gasteiger partial charge in [0.15, 0.2) is 0 Å². The number of aliphatic hydroxyl groups is 2. The van der Waals surface area contributed by atoms with Crippen molar-refractivity contribution in [3.63, 3.8) is 0 Å². The first-order chi connectivity index (χ1) is 10.5. The molecule has 0 unspecified atom stereocenters. The minimum atomic E-state index is -0.987. The van der Waals surface area contributed by atoms with Crippen LogP contribution in [0.3, 0.4) is 0 Å². The first-order valence-corrected chi connectivity index (χ1v) is 7.41. The predicted molar refractivity (Wildman–Crippen MR) is 79.1 cm³/mol. The number of nitrogens with one attached hydrogen (secondary N) is 1. The second-order valence-electron chi connectivity index (χ2n) is 5.41. The Labute approximate surface area is 129 Å². The Balaban J connectivity index is 2.10.